The summed E-state index contributed by atoms with van der Waals surface area (Å²) in [6.07, 6.45) is 1.81. The number of nitrogens with zero attached hydrogens (tertiary/aromatic N) is 1. The van der Waals surface area contributed by atoms with E-state index in [9.17, 15) is 4.79 Å². The molecule has 0 radical (unpaired) electrons. The quantitative estimate of drug-likeness (QED) is 0.594. The zero-order valence-electron chi connectivity index (χ0n) is 10.9. The summed E-state index contributed by atoms with van der Waals surface area (Å²) in [6.45, 7) is 8.30. The van der Waals surface area contributed by atoms with Crippen molar-refractivity contribution in [2.45, 2.75) is 33.2 Å². The van der Waals surface area contributed by atoms with Gasteiger partial charge in [0.1, 0.15) is 0 Å². The molecular formula is C14H19NO2. The first-order chi connectivity index (χ1) is 7.92. The Morgan fingerprint density at radius 2 is 1.88 bits per heavy atom. The number of rotatable bonds is 3. The molecular weight excluding hydrogens is 214 g/mol. The molecule has 0 atom stereocenters. The number of ether oxygens (including phenoxy) is 1. The van der Waals surface area contributed by atoms with Gasteiger partial charge in [0.2, 0.25) is 0 Å². The second kappa shape index (κ2) is 5.62. The lowest BCUT2D eigenvalue weighted by Crippen LogP contribution is -2.09. The van der Waals surface area contributed by atoms with E-state index >= 15 is 0 Å². The van der Waals surface area contributed by atoms with E-state index in [2.05, 4.69) is 4.99 Å². The molecule has 0 N–H and O–H groups in total. The van der Waals surface area contributed by atoms with E-state index in [-0.39, 0.29) is 11.5 Å². The molecule has 0 aliphatic carbocycles. The van der Waals surface area contributed by atoms with Crippen LogP contribution in [-0.2, 0) is 4.74 Å². The largest absolute Gasteiger partial charge is 0.462 e. The van der Waals surface area contributed by atoms with Crippen molar-refractivity contribution >= 4 is 12.2 Å². The molecule has 0 heterocycles. The minimum Gasteiger partial charge on any atom is -0.462 e. The van der Waals surface area contributed by atoms with Gasteiger partial charge < -0.3 is 4.74 Å². The van der Waals surface area contributed by atoms with Crippen molar-refractivity contribution in [3.63, 3.8) is 0 Å². The van der Waals surface area contributed by atoms with Gasteiger partial charge in [0, 0.05) is 6.21 Å². The maximum Gasteiger partial charge on any atom is 0.338 e. The second-order valence-corrected chi connectivity index (χ2v) is 4.77. The van der Waals surface area contributed by atoms with Crippen LogP contribution in [-0.4, -0.2) is 24.3 Å². The highest BCUT2D eigenvalue weighted by molar-refractivity contribution is 5.90. The predicted molar refractivity (Wildman–Crippen MR) is 69.7 cm³/mol. The standard InChI is InChI=1S/C14H19NO2/c1-5-17-13(16)12-8-6-11(7-9-12)10-15-14(2,3)4/h6-10H,5H2,1-4H3. The molecule has 0 aromatic heterocycles. The molecule has 0 amide bonds. The van der Waals surface area contributed by atoms with E-state index in [0.717, 1.165) is 5.56 Å². The molecule has 0 bridgehead atoms. The summed E-state index contributed by atoms with van der Waals surface area (Å²) in [6, 6.07) is 7.23. The lowest BCUT2D eigenvalue weighted by molar-refractivity contribution is 0.0526. The van der Waals surface area contributed by atoms with Crippen molar-refractivity contribution in [2.24, 2.45) is 4.99 Å². The monoisotopic (exact) mass is 233 g/mol. The number of carbonyl (C=O) groups is 1. The Morgan fingerprint density at radius 1 is 1.29 bits per heavy atom. The summed E-state index contributed by atoms with van der Waals surface area (Å²) in [5.74, 6) is -0.285. The van der Waals surface area contributed by atoms with Crippen molar-refractivity contribution in [2.75, 3.05) is 6.61 Å². The van der Waals surface area contributed by atoms with E-state index in [1.54, 1.807) is 19.1 Å². The van der Waals surface area contributed by atoms with Gasteiger partial charge in [-0.2, -0.15) is 0 Å². The molecule has 0 saturated carbocycles. The van der Waals surface area contributed by atoms with Gasteiger partial charge in [-0.05, 0) is 45.4 Å². The molecule has 3 heteroatoms. The Labute approximate surface area is 103 Å². The number of aliphatic imine (C=N–C) groups is 1. The van der Waals surface area contributed by atoms with Crippen LogP contribution >= 0.6 is 0 Å². The molecule has 0 spiro atoms. The topological polar surface area (TPSA) is 38.7 Å². The number of hydrogen-bond acceptors (Lipinski definition) is 3. The molecule has 0 unspecified atom stereocenters. The average Bonchev–Trinajstić information content (AvgIpc) is 2.26. The van der Waals surface area contributed by atoms with Crippen molar-refractivity contribution in [3.05, 3.63) is 35.4 Å². The highest BCUT2D eigenvalue weighted by atomic mass is 16.5. The van der Waals surface area contributed by atoms with Gasteiger partial charge in [0.25, 0.3) is 0 Å². The fourth-order valence-corrected chi connectivity index (χ4v) is 1.19. The highest BCUT2D eigenvalue weighted by Crippen LogP contribution is 2.08. The Bertz CT molecular complexity index is 399. The zero-order valence-corrected chi connectivity index (χ0v) is 10.9. The second-order valence-electron chi connectivity index (χ2n) is 4.77. The van der Waals surface area contributed by atoms with Gasteiger partial charge in [0.15, 0.2) is 0 Å². The first kappa shape index (κ1) is 13.4. The molecule has 3 nitrogen and oxygen atoms in total. The first-order valence-electron chi connectivity index (χ1n) is 5.75. The summed E-state index contributed by atoms with van der Waals surface area (Å²) in [5.41, 5.74) is 1.47. The van der Waals surface area contributed by atoms with E-state index in [4.69, 9.17) is 4.74 Å². The Morgan fingerprint density at radius 3 is 2.35 bits per heavy atom. The lowest BCUT2D eigenvalue weighted by Gasteiger charge is -2.10. The van der Waals surface area contributed by atoms with Gasteiger partial charge in [-0.3, -0.25) is 4.99 Å². The average molecular weight is 233 g/mol. The van der Waals surface area contributed by atoms with Crippen molar-refractivity contribution in [1.29, 1.82) is 0 Å². The Balaban J connectivity index is 2.75. The van der Waals surface area contributed by atoms with E-state index in [1.807, 2.05) is 39.1 Å². The first-order valence-corrected chi connectivity index (χ1v) is 5.75. The van der Waals surface area contributed by atoms with Crippen LogP contribution in [0.3, 0.4) is 0 Å². The van der Waals surface area contributed by atoms with Crippen molar-refractivity contribution in [3.8, 4) is 0 Å². The van der Waals surface area contributed by atoms with Crippen LogP contribution in [0.1, 0.15) is 43.6 Å². The van der Waals surface area contributed by atoms with Crippen LogP contribution in [0.5, 0.6) is 0 Å². The number of esters is 1. The van der Waals surface area contributed by atoms with Gasteiger partial charge in [-0.25, -0.2) is 4.79 Å². The normalized spacial score (nSPS) is 11.8. The molecule has 1 aromatic carbocycles. The van der Waals surface area contributed by atoms with E-state index in [0.29, 0.717) is 12.2 Å². The van der Waals surface area contributed by atoms with Crippen LogP contribution in [0.2, 0.25) is 0 Å². The van der Waals surface area contributed by atoms with Crippen LogP contribution < -0.4 is 0 Å². The third-order valence-electron chi connectivity index (χ3n) is 2.02. The molecule has 0 aliphatic heterocycles. The molecule has 1 rings (SSSR count). The fraction of sp³-hybridized carbons (Fsp3) is 0.429. The van der Waals surface area contributed by atoms with Crippen LogP contribution in [0.15, 0.2) is 29.3 Å². The molecule has 1 aromatic rings. The molecule has 17 heavy (non-hydrogen) atoms. The summed E-state index contributed by atoms with van der Waals surface area (Å²) >= 11 is 0. The van der Waals surface area contributed by atoms with E-state index < -0.39 is 0 Å². The summed E-state index contributed by atoms with van der Waals surface area (Å²) in [4.78, 5) is 15.8. The minimum absolute atomic E-state index is 0.0835. The Hall–Kier alpha value is -1.64. The minimum atomic E-state index is -0.285. The predicted octanol–water partition coefficient (Wildman–Crippen LogP) is 3.08. The number of hydrogen-bond donors (Lipinski definition) is 0. The lowest BCUT2D eigenvalue weighted by atomic mass is 10.1. The van der Waals surface area contributed by atoms with Crippen molar-refractivity contribution in [1.82, 2.24) is 0 Å². The zero-order chi connectivity index (χ0) is 12.9. The third-order valence-corrected chi connectivity index (χ3v) is 2.02. The van der Waals surface area contributed by atoms with Gasteiger partial charge in [-0.15, -0.1) is 0 Å². The van der Waals surface area contributed by atoms with Crippen LogP contribution in [0.25, 0.3) is 0 Å². The number of carbonyl (C=O) groups excluding carboxylic acids is 1. The molecule has 0 saturated heterocycles. The summed E-state index contributed by atoms with van der Waals surface area (Å²) in [7, 11) is 0. The van der Waals surface area contributed by atoms with E-state index in [1.165, 1.54) is 0 Å². The van der Waals surface area contributed by atoms with Crippen molar-refractivity contribution < 1.29 is 9.53 Å². The van der Waals surface area contributed by atoms with Gasteiger partial charge in [0.05, 0.1) is 17.7 Å². The SMILES string of the molecule is CCOC(=O)c1ccc(C=NC(C)(C)C)cc1. The maximum absolute atomic E-state index is 11.4. The van der Waals surface area contributed by atoms with Gasteiger partial charge >= 0.3 is 5.97 Å². The highest BCUT2D eigenvalue weighted by Gasteiger charge is 2.06. The van der Waals surface area contributed by atoms with Gasteiger partial charge in [-0.1, -0.05) is 12.1 Å². The van der Waals surface area contributed by atoms with Crippen LogP contribution in [0, 0.1) is 0 Å². The Kier molecular flexibility index (Phi) is 4.44. The summed E-state index contributed by atoms with van der Waals surface area (Å²) in [5, 5.41) is 0. The molecule has 0 fully saturated rings. The molecule has 92 valence electrons. The fourth-order valence-electron chi connectivity index (χ4n) is 1.19. The number of benzene rings is 1. The molecule has 0 aliphatic rings. The van der Waals surface area contributed by atoms with Crippen LogP contribution in [0.4, 0.5) is 0 Å². The third kappa shape index (κ3) is 4.81. The maximum atomic E-state index is 11.4. The smallest absolute Gasteiger partial charge is 0.338 e. The summed E-state index contributed by atoms with van der Waals surface area (Å²) < 4.78 is 4.91.